The summed E-state index contributed by atoms with van der Waals surface area (Å²) in [5.41, 5.74) is 9.82. The number of nitrogens with zero attached hydrogens (tertiary/aromatic N) is 1. The minimum atomic E-state index is -0.657. The summed E-state index contributed by atoms with van der Waals surface area (Å²) in [7, 11) is 0. The maximum atomic E-state index is 10.1. The van der Waals surface area contributed by atoms with E-state index in [0.717, 1.165) is 31.6 Å². The fourth-order valence-electron chi connectivity index (χ4n) is 2.02. The minimum Gasteiger partial charge on any atom is -0.388 e. The third kappa shape index (κ3) is 3.18. The van der Waals surface area contributed by atoms with Crippen LogP contribution in [0.25, 0.3) is 0 Å². The van der Waals surface area contributed by atoms with E-state index in [-0.39, 0.29) is 5.96 Å². The lowest BCUT2D eigenvalue weighted by molar-refractivity contribution is -0.000949. The van der Waals surface area contributed by atoms with Crippen LogP contribution in [0.2, 0.25) is 0 Å². The van der Waals surface area contributed by atoms with Crippen molar-refractivity contribution in [1.29, 1.82) is 0 Å². The summed E-state index contributed by atoms with van der Waals surface area (Å²) < 4.78 is 0. The van der Waals surface area contributed by atoms with E-state index >= 15 is 0 Å². The van der Waals surface area contributed by atoms with Gasteiger partial charge in [-0.1, -0.05) is 13.3 Å². The topological polar surface area (TPSA) is 84.6 Å². The maximum absolute atomic E-state index is 10.1. The van der Waals surface area contributed by atoms with Gasteiger partial charge in [0.25, 0.3) is 0 Å². The highest BCUT2D eigenvalue weighted by Crippen LogP contribution is 2.33. The molecule has 4 heteroatoms. The molecule has 1 rings (SSSR count). The van der Waals surface area contributed by atoms with E-state index in [0.29, 0.717) is 6.54 Å². The van der Waals surface area contributed by atoms with Crippen LogP contribution in [0.15, 0.2) is 4.99 Å². The second-order valence-corrected chi connectivity index (χ2v) is 4.32. The number of rotatable bonds is 3. The molecule has 0 aromatic heterocycles. The number of aliphatic imine (C=N–C) groups is 1. The second-order valence-electron chi connectivity index (χ2n) is 4.32. The smallest absolute Gasteiger partial charge is 0.186 e. The molecule has 0 spiro atoms. The molecule has 4 nitrogen and oxygen atoms in total. The maximum Gasteiger partial charge on any atom is 0.186 e. The largest absolute Gasteiger partial charge is 0.388 e. The Bertz CT molecular complexity index is 203. The van der Waals surface area contributed by atoms with Gasteiger partial charge in [0.2, 0.25) is 0 Å². The number of guanidine groups is 1. The molecule has 1 aliphatic carbocycles. The zero-order valence-corrected chi connectivity index (χ0v) is 8.87. The molecule has 0 atom stereocenters. The van der Waals surface area contributed by atoms with E-state index in [9.17, 15) is 5.11 Å². The SMILES string of the molecule is CCC1CCC(O)(CN=C(N)N)CC1. The van der Waals surface area contributed by atoms with Crippen molar-refractivity contribution in [2.75, 3.05) is 6.54 Å². The lowest BCUT2D eigenvalue weighted by Crippen LogP contribution is -2.38. The highest BCUT2D eigenvalue weighted by atomic mass is 16.3. The Morgan fingerprint density at radius 3 is 2.43 bits per heavy atom. The van der Waals surface area contributed by atoms with Gasteiger partial charge < -0.3 is 16.6 Å². The molecule has 0 aliphatic heterocycles. The Kier molecular flexibility index (Phi) is 3.75. The van der Waals surface area contributed by atoms with Gasteiger partial charge in [-0.25, -0.2) is 0 Å². The van der Waals surface area contributed by atoms with Crippen LogP contribution >= 0.6 is 0 Å². The first-order valence-electron chi connectivity index (χ1n) is 5.33. The summed E-state index contributed by atoms with van der Waals surface area (Å²) in [5, 5.41) is 10.1. The quantitative estimate of drug-likeness (QED) is 0.459. The van der Waals surface area contributed by atoms with Crippen molar-refractivity contribution in [3.63, 3.8) is 0 Å². The molecular formula is C10H21N3O. The molecule has 0 heterocycles. The normalized spacial score (nSPS) is 32.6. The van der Waals surface area contributed by atoms with Gasteiger partial charge in [-0.05, 0) is 31.6 Å². The average Bonchev–Trinajstić information content (AvgIpc) is 2.16. The summed E-state index contributed by atoms with van der Waals surface area (Å²) in [6.45, 7) is 2.55. The van der Waals surface area contributed by atoms with E-state index in [1.807, 2.05) is 0 Å². The van der Waals surface area contributed by atoms with Crippen molar-refractivity contribution in [1.82, 2.24) is 0 Å². The Morgan fingerprint density at radius 2 is 2.00 bits per heavy atom. The van der Waals surface area contributed by atoms with Crippen LogP contribution in [0.5, 0.6) is 0 Å². The summed E-state index contributed by atoms with van der Waals surface area (Å²) >= 11 is 0. The van der Waals surface area contributed by atoms with Gasteiger partial charge in [0, 0.05) is 0 Å². The van der Waals surface area contributed by atoms with E-state index in [4.69, 9.17) is 11.5 Å². The van der Waals surface area contributed by atoms with Crippen molar-refractivity contribution in [3.05, 3.63) is 0 Å². The molecule has 1 fully saturated rings. The lowest BCUT2D eigenvalue weighted by Gasteiger charge is -2.34. The molecule has 0 amide bonds. The molecule has 5 N–H and O–H groups in total. The number of aliphatic hydroxyl groups is 1. The predicted octanol–water partition coefficient (Wildman–Crippen LogP) is 0.591. The first-order chi connectivity index (χ1) is 6.56. The molecule has 82 valence electrons. The molecule has 1 aliphatic rings. The van der Waals surface area contributed by atoms with Gasteiger partial charge in [0.15, 0.2) is 5.96 Å². The number of nitrogens with two attached hydrogens (primary N) is 2. The minimum absolute atomic E-state index is 0.0658. The van der Waals surface area contributed by atoms with Crippen molar-refractivity contribution in [3.8, 4) is 0 Å². The van der Waals surface area contributed by atoms with Crippen LogP contribution in [0, 0.1) is 5.92 Å². The van der Waals surface area contributed by atoms with Crippen LogP contribution in [-0.4, -0.2) is 23.2 Å². The van der Waals surface area contributed by atoms with Gasteiger partial charge >= 0.3 is 0 Å². The molecular weight excluding hydrogens is 178 g/mol. The van der Waals surface area contributed by atoms with Crippen molar-refractivity contribution in [2.24, 2.45) is 22.4 Å². The van der Waals surface area contributed by atoms with Crippen molar-refractivity contribution >= 4 is 5.96 Å². The molecule has 0 unspecified atom stereocenters. The monoisotopic (exact) mass is 199 g/mol. The first-order valence-corrected chi connectivity index (χ1v) is 5.33. The van der Waals surface area contributed by atoms with Crippen molar-refractivity contribution < 1.29 is 5.11 Å². The van der Waals surface area contributed by atoms with Gasteiger partial charge in [-0.3, -0.25) is 4.99 Å². The standard InChI is InChI=1S/C10H21N3O/c1-2-8-3-5-10(14,6-4-8)7-13-9(11)12/h8,14H,2-7H2,1H3,(H4,11,12,13). The van der Waals surface area contributed by atoms with E-state index in [1.165, 1.54) is 6.42 Å². The molecule has 0 saturated heterocycles. The molecule has 1 saturated carbocycles. The fraction of sp³-hybridized carbons (Fsp3) is 0.900. The summed E-state index contributed by atoms with van der Waals surface area (Å²) in [5.74, 6) is 0.838. The Balaban J connectivity index is 2.41. The molecule has 0 aromatic rings. The Morgan fingerprint density at radius 1 is 1.43 bits per heavy atom. The third-order valence-electron chi connectivity index (χ3n) is 3.17. The lowest BCUT2D eigenvalue weighted by atomic mass is 9.78. The Hall–Kier alpha value is -0.770. The second kappa shape index (κ2) is 4.64. The van der Waals surface area contributed by atoms with Crippen LogP contribution < -0.4 is 11.5 Å². The number of hydrogen-bond acceptors (Lipinski definition) is 2. The van der Waals surface area contributed by atoms with Crippen LogP contribution in [0.3, 0.4) is 0 Å². The Labute approximate surface area is 85.4 Å². The van der Waals surface area contributed by atoms with Gasteiger partial charge in [-0.15, -0.1) is 0 Å². The summed E-state index contributed by atoms with van der Waals surface area (Å²) in [6.07, 6.45) is 5.03. The molecule has 0 bridgehead atoms. The number of hydrogen-bond donors (Lipinski definition) is 3. The molecule has 14 heavy (non-hydrogen) atoms. The summed E-state index contributed by atoms with van der Waals surface area (Å²) in [6, 6.07) is 0. The average molecular weight is 199 g/mol. The zero-order valence-electron chi connectivity index (χ0n) is 8.87. The third-order valence-corrected chi connectivity index (χ3v) is 3.17. The highest BCUT2D eigenvalue weighted by Gasteiger charge is 2.32. The zero-order chi connectivity index (χ0) is 10.6. The molecule has 0 radical (unpaired) electrons. The van der Waals surface area contributed by atoms with Gasteiger partial charge in [0.05, 0.1) is 12.1 Å². The van der Waals surface area contributed by atoms with E-state index in [1.54, 1.807) is 0 Å². The van der Waals surface area contributed by atoms with Crippen LogP contribution in [0.1, 0.15) is 39.0 Å². The summed E-state index contributed by atoms with van der Waals surface area (Å²) in [4.78, 5) is 3.89. The first kappa shape index (κ1) is 11.3. The van der Waals surface area contributed by atoms with Gasteiger partial charge in [-0.2, -0.15) is 0 Å². The van der Waals surface area contributed by atoms with Crippen molar-refractivity contribution in [2.45, 2.75) is 44.6 Å². The van der Waals surface area contributed by atoms with Crippen LogP contribution in [0.4, 0.5) is 0 Å². The van der Waals surface area contributed by atoms with E-state index in [2.05, 4.69) is 11.9 Å². The van der Waals surface area contributed by atoms with E-state index < -0.39 is 5.60 Å². The van der Waals surface area contributed by atoms with Gasteiger partial charge in [0.1, 0.15) is 0 Å². The predicted molar refractivity (Wildman–Crippen MR) is 57.9 cm³/mol. The molecule has 0 aromatic carbocycles. The van der Waals surface area contributed by atoms with Crippen LogP contribution in [-0.2, 0) is 0 Å². The highest BCUT2D eigenvalue weighted by molar-refractivity contribution is 5.75. The fourth-order valence-corrected chi connectivity index (χ4v) is 2.02.